The first kappa shape index (κ1) is 7.85. The molecule has 0 aromatic carbocycles. The van der Waals surface area contributed by atoms with Crippen LogP contribution in [0.5, 0.6) is 0 Å². The summed E-state index contributed by atoms with van der Waals surface area (Å²) < 4.78 is 0. The van der Waals surface area contributed by atoms with E-state index >= 15 is 0 Å². The minimum absolute atomic E-state index is 0.925. The first-order valence-corrected chi connectivity index (χ1v) is 4.71. The molecule has 3 aliphatic carbocycles. The van der Waals surface area contributed by atoms with Crippen molar-refractivity contribution in [2.24, 2.45) is 23.7 Å². The summed E-state index contributed by atoms with van der Waals surface area (Å²) in [4.78, 5) is 0. The Morgan fingerprint density at radius 2 is 1.83 bits per heavy atom. The van der Waals surface area contributed by atoms with E-state index in [4.69, 9.17) is 0 Å². The Labute approximate surface area is 74.7 Å². The van der Waals surface area contributed by atoms with Gasteiger partial charge in [0.2, 0.25) is 0 Å². The monoisotopic (exact) mass is 159 g/mol. The molecule has 0 saturated heterocycles. The van der Waals surface area contributed by atoms with Gasteiger partial charge < -0.3 is 0 Å². The highest BCUT2D eigenvalue weighted by Gasteiger charge is 2.44. The fourth-order valence-electron chi connectivity index (χ4n) is 2.97. The maximum atomic E-state index is 4.25. The molecule has 63 valence electrons. The van der Waals surface area contributed by atoms with Gasteiger partial charge in [-0.3, -0.25) is 0 Å². The Morgan fingerprint density at radius 1 is 1.08 bits per heavy atom. The van der Waals surface area contributed by atoms with Gasteiger partial charge in [0.05, 0.1) is 0 Å². The zero-order chi connectivity index (χ0) is 8.55. The normalized spacial score (nSPS) is 45.7. The molecule has 0 heterocycles. The molecule has 0 aromatic rings. The number of rotatable bonds is 0. The van der Waals surface area contributed by atoms with Crippen LogP contribution in [-0.2, 0) is 0 Å². The smallest absolute Gasteiger partial charge is 0.0133 e. The molecule has 3 aliphatic rings. The molecule has 0 nitrogen and oxygen atoms in total. The lowest BCUT2D eigenvalue weighted by Gasteiger charge is -2.18. The molecular formula is C12H15. The van der Waals surface area contributed by atoms with Gasteiger partial charge in [-0.05, 0) is 36.5 Å². The number of hydrogen-bond acceptors (Lipinski definition) is 0. The third kappa shape index (κ3) is 0.906. The van der Waals surface area contributed by atoms with Crippen LogP contribution < -0.4 is 0 Å². The Morgan fingerprint density at radius 3 is 2.58 bits per heavy atom. The van der Waals surface area contributed by atoms with Gasteiger partial charge in [0.1, 0.15) is 0 Å². The van der Waals surface area contributed by atoms with E-state index in [2.05, 4.69) is 37.5 Å². The standard InChI is InChI=1S/C10H12.C2H3/c1-2-9-7-4-5-8(6-7)10(9)3-1;1-2/h1-2,4-5,7-10H,3,6H2;1H,2H2. The molecule has 12 heavy (non-hydrogen) atoms. The molecule has 4 unspecified atom stereocenters. The van der Waals surface area contributed by atoms with Gasteiger partial charge in [-0.2, -0.15) is 0 Å². The van der Waals surface area contributed by atoms with Gasteiger partial charge in [-0.15, -0.1) is 0 Å². The average molecular weight is 159 g/mol. The topological polar surface area (TPSA) is 0 Å². The van der Waals surface area contributed by atoms with Crippen LogP contribution in [0.1, 0.15) is 12.8 Å². The Bertz CT molecular complexity index is 224. The van der Waals surface area contributed by atoms with Crippen LogP contribution in [0.2, 0.25) is 0 Å². The van der Waals surface area contributed by atoms with Gasteiger partial charge in [0, 0.05) is 0 Å². The van der Waals surface area contributed by atoms with Crippen LogP contribution in [0.15, 0.2) is 30.9 Å². The van der Waals surface area contributed by atoms with Crippen molar-refractivity contribution in [2.75, 3.05) is 0 Å². The third-order valence-electron chi connectivity index (χ3n) is 3.46. The highest BCUT2D eigenvalue weighted by atomic mass is 14.5. The summed E-state index contributed by atoms with van der Waals surface area (Å²) in [5, 5.41) is 0. The summed E-state index contributed by atoms with van der Waals surface area (Å²) in [6.07, 6.45) is 12.5. The van der Waals surface area contributed by atoms with Crippen molar-refractivity contribution in [1.82, 2.24) is 0 Å². The van der Waals surface area contributed by atoms with Gasteiger partial charge in [-0.25, -0.2) is 0 Å². The van der Waals surface area contributed by atoms with E-state index in [0.717, 1.165) is 23.7 Å². The lowest BCUT2D eigenvalue weighted by molar-refractivity contribution is 0.398. The highest BCUT2D eigenvalue weighted by Crippen LogP contribution is 2.52. The predicted molar refractivity (Wildman–Crippen MR) is 51.4 cm³/mol. The van der Waals surface area contributed by atoms with Crippen LogP contribution in [0.25, 0.3) is 0 Å². The first-order chi connectivity index (χ1) is 5.95. The van der Waals surface area contributed by atoms with Gasteiger partial charge in [0.15, 0.2) is 0 Å². The van der Waals surface area contributed by atoms with Crippen molar-refractivity contribution >= 4 is 0 Å². The summed E-state index contributed by atoms with van der Waals surface area (Å²) >= 11 is 0. The fraction of sp³-hybridized carbons (Fsp3) is 0.500. The third-order valence-corrected chi connectivity index (χ3v) is 3.46. The summed E-state index contributed by atoms with van der Waals surface area (Å²) in [5.74, 6) is 3.82. The SMILES string of the molecule is C1=CC2C3C=CC(C3)C2C1.[CH]=C. The van der Waals surface area contributed by atoms with E-state index in [9.17, 15) is 0 Å². The molecule has 0 heteroatoms. The van der Waals surface area contributed by atoms with E-state index in [1.54, 1.807) is 0 Å². The summed E-state index contributed by atoms with van der Waals surface area (Å²) in [6.45, 7) is 7.00. The van der Waals surface area contributed by atoms with Crippen molar-refractivity contribution in [2.45, 2.75) is 12.8 Å². The van der Waals surface area contributed by atoms with Crippen molar-refractivity contribution in [1.29, 1.82) is 0 Å². The largest absolute Gasteiger partial charge is 0.0991 e. The molecular weight excluding hydrogens is 144 g/mol. The summed E-state index contributed by atoms with van der Waals surface area (Å²) in [7, 11) is 0. The van der Waals surface area contributed by atoms with Crippen LogP contribution in [0.4, 0.5) is 0 Å². The minimum Gasteiger partial charge on any atom is -0.0991 e. The zero-order valence-corrected chi connectivity index (χ0v) is 7.32. The van der Waals surface area contributed by atoms with Crippen molar-refractivity contribution in [3.8, 4) is 0 Å². The van der Waals surface area contributed by atoms with Crippen LogP contribution in [-0.4, -0.2) is 0 Å². The Balaban J connectivity index is 0.000000264. The second kappa shape index (κ2) is 2.93. The predicted octanol–water partition coefficient (Wildman–Crippen LogP) is 2.99. The number of fused-ring (bicyclic) bond motifs is 5. The molecule has 3 rings (SSSR count). The first-order valence-electron chi connectivity index (χ1n) is 4.71. The van der Waals surface area contributed by atoms with Crippen molar-refractivity contribution < 1.29 is 0 Å². The lowest BCUT2D eigenvalue weighted by atomic mass is 9.86. The Kier molecular flexibility index (Phi) is 1.92. The van der Waals surface area contributed by atoms with E-state index in [1.165, 1.54) is 12.8 Å². The lowest BCUT2D eigenvalue weighted by Crippen LogP contribution is -2.12. The quantitative estimate of drug-likeness (QED) is 0.477. The molecule has 0 amide bonds. The second-order valence-corrected chi connectivity index (χ2v) is 3.85. The van der Waals surface area contributed by atoms with Crippen LogP contribution in [0.3, 0.4) is 0 Å². The average Bonchev–Trinajstić information content (AvgIpc) is 2.81. The van der Waals surface area contributed by atoms with Gasteiger partial charge in [-0.1, -0.05) is 37.5 Å². The van der Waals surface area contributed by atoms with Gasteiger partial charge in [0.25, 0.3) is 0 Å². The van der Waals surface area contributed by atoms with Gasteiger partial charge >= 0.3 is 0 Å². The summed E-state index contributed by atoms with van der Waals surface area (Å²) in [6, 6.07) is 0. The maximum Gasteiger partial charge on any atom is -0.0133 e. The van der Waals surface area contributed by atoms with Crippen LogP contribution >= 0.6 is 0 Å². The Hall–Kier alpha value is -0.780. The van der Waals surface area contributed by atoms with Crippen molar-refractivity contribution in [3.63, 3.8) is 0 Å². The summed E-state index contributed by atoms with van der Waals surface area (Å²) in [5.41, 5.74) is 0. The van der Waals surface area contributed by atoms with E-state index in [0.29, 0.717) is 0 Å². The molecule has 1 radical (unpaired) electrons. The number of allylic oxidation sites excluding steroid dienone is 4. The van der Waals surface area contributed by atoms with E-state index < -0.39 is 0 Å². The maximum absolute atomic E-state index is 4.25. The molecule has 0 spiro atoms. The van der Waals surface area contributed by atoms with E-state index in [1.807, 2.05) is 0 Å². The molecule has 4 atom stereocenters. The highest BCUT2D eigenvalue weighted by molar-refractivity contribution is 5.21. The van der Waals surface area contributed by atoms with Crippen molar-refractivity contribution in [3.05, 3.63) is 37.5 Å². The zero-order valence-electron chi connectivity index (χ0n) is 7.32. The van der Waals surface area contributed by atoms with Crippen LogP contribution in [0, 0.1) is 30.3 Å². The molecule has 0 N–H and O–H groups in total. The number of hydrogen-bond donors (Lipinski definition) is 0. The van der Waals surface area contributed by atoms with E-state index in [-0.39, 0.29) is 0 Å². The molecule has 2 bridgehead atoms. The molecule has 0 aliphatic heterocycles. The molecule has 0 aromatic heterocycles. The molecule has 1 saturated carbocycles. The second-order valence-electron chi connectivity index (χ2n) is 3.85. The minimum atomic E-state index is 0.925. The fourth-order valence-corrected chi connectivity index (χ4v) is 2.97. The molecule has 1 fully saturated rings.